The van der Waals surface area contributed by atoms with Gasteiger partial charge in [-0.15, -0.1) is 0 Å². The van der Waals surface area contributed by atoms with E-state index in [4.69, 9.17) is 0 Å². The number of aryl methyl sites for hydroxylation is 1. The van der Waals surface area contributed by atoms with Gasteiger partial charge < -0.3 is 10.6 Å². The molecule has 140 valence electrons. The molecule has 0 atom stereocenters. The van der Waals surface area contributed by atoms with Crippen LogP contribution in [-0.2, 0) is 22.8 Å². The van der Waals surface area contributed by atoms with Crippen LogP contribution in [0.4, 0.5) is 0 Å². The van der Waals surface area contributed by atoms with Crippen LogP contribution >= 0.6 is 15.9 Å². The lowest BCUT2D eigenvalue weighted by Gasteiger charge is -2.13. The maximum Gasteiger partial charge on any atom is 0.191 e. The minimum atomic E-state index is -3.15. The van der Waals surface area contributed by atoms with E-state index in [1.165, 1.54) is 17.4 Å². The maximum absolute atomic E-state index is 11.5. The molecule has 7 heteroatoms. The highest BCUT2D eigenvalue weighted by atomic mass is 79.9. The molecule has 0 spiro atoms. The molecule has 0 saturated carbocycles. The topological polar surface area (TPSA) is 70.6 Å². The van der Waals surface area contributed by atoms with Gasteiger partial charge in [0, 0.05) is 30.9 Å². The number of sulfone groups is 1. The van der Waals surface area contributed by atoms with Gasteiger partial charge in [-0.1, -0.05) is 34.1 Å². The summed E-state index contributed by atoms with van der Waals surface area (Å²) in [5, 5.41) is 6.58. The van der Waals surface area contributed by atoms with E-state index >= 15 is 0 Å². The fourth-order valence-electron chi connectivity index (χ4n) is 2.49. The highest BCUT2D eigenvalue weighted by Crippen LogP contribution is 2.15. The van der Waals surface area contributed by atoms with E-state index < -0.39 is 9.84 Å². The first kappa shape index (κ1) is 20.5. The van der Waals surface area contributed by atoms with Crippen molar-refractivity contribution in [3.05, 3.63) is 63.6 Å². The molecule has 2 N–H and O–H groups in total. The van der Waals surface area contributed by atoms with Crippen LogP contribution in [0.3, 0.4) is 0 Å². The molecule has 0 amide bonds. The molecule has 2 rings (SSSR count). The lowest BCUT2D eigenvalue weighted by molar-refractivity contribution is 0.602. The van der Waals surface area contributed by atoms with Gasteiger partial charge in [0.2, 0.25) is 0 Å². The Labute approximate surface area is 164 Å². The summed E-state index contributed by atoms with van der Waals surface area (Å²) in [6.07, 6.45) is 1.99. The van der Waals surface area contributed by atoms with Gasteiger partial charge in [0.05, 0.1) is 4.90 Å². The van der Waals surface area contributed by atoms with Crippen molar-refractivity contribution < 1.29 is 8.42 Å². The number of nitrogens with zero attached hydrogens (tertiary/aromatic N) is 1. The molecule has 0 aliphatic heterocycles. The molecule has 0 unspecified atom stereocenters. The molecule has 0 aromatic heterocycles. The standard InChI is InChI=1S/C19H24BrN3O2S/c1-14-12-17(20)7-6-16(14)13-23-19(21-2)22-11-10-15-4-8-18(9-5-15)26(3,24)25/h4-9,12H,10-11,13H2,1-3H3,(H2,21,22,23). The Bertz CT molecular complexity index is 878. The molecule has 0 saturated heterocycles. The molecular weight excluding hydrogens is 414 g/mol. The third-order valence-electron chi connectivity index (χ3n) is 4.03. The van der Waals surface area contributed by atoms with Crippen molar-refractivity contribution in [1.29, 1.82) is 0 Å². The van der Waals surface area contributed by atoms with Crippen LogP contribution in [0.25, 0.3) is 0 Å². The third-order valence-corrected chi connectivity index (χ3v) is 5.65. The minimum Gasteiger partial charge on any atom is -0.356 e. The maximum atomic E-state index is 11.5. The Morgan fingerprint density at radius 3 is 2.38 bits per heavy atom. The fourth-order valence-corrected chi connectivity index (χ4v) is 3.59. The Kier molecular flexibility index (Phi) is 7.23. The Balaban J connectivity index is 1.83. The van der Waals surface area contributed by atoms with Gasteiger partial charge in [-0.3, -0.25) is 4.99 Å². The Morgan fingerprint density at radius 2 is 1.81 bits per heavy atom. The quantitative estimate of drug-likeness (QED) is 0.537. The van der Waals surface area contributed by atoms with E-state index in [1.807, 2.05) is 18.2 Å². The summed E-state index contributed by atoms with van der Waals surface area (Å²) in [4.78, 5) is 4.58. The second kappa shape index (κ2) is 9.19. The monoisotopic (exact) mass is 437 g/mol. The van der Waals surface area contributed by atoms with Crippen LogP contribution in [0.5, 0.6) is 0 Å². The molecule has 0 heterocycles. The largest absolute Gasteiger partial charge is 0.356 e. The Morgan fingerprint density at radius 1 is 1.12 bits per heavy atom. The SMILES string of the molecule is CN=C(NCCc1ccc(S(C)(=O)=O)cc1)NCc1ccc(Br)cc1C. The summed E-state index contributed by atoms with van der Waals surface area (Å²) in [7, 11) is -1.40. The lowest BCUT2D eigenvalue weighted by atomic mass is 10.1. The smallest absolute Gasteiger partial charge is 0.191 e. The van der Waals surface area contributed by atoms with E-state index in [0.717, 1.165) is 22.4 Å². The van der Waals surface area contributed by atoms with E-state index in [1.54, 1.807) is 19.2 Å². The zero-order valence-corrected chi connectivity index (χ0v) is 17.6. The predicted molar refractivity (Wildman–Crippen MR) is 110 cm³/mol. The van der Waals surface area contributed by atoms with Gasteiger partial charge in [-0.25, -0.2) is 8.42 Å². The number of halogens is 1. The summed E-state index contributed by atoms with van der Waals surface area (Å²) in [6.45, 7) is 3.48. The molecule has 0 aliphatic carbocycles. The van der Waals surface area contributed by atoms with E-state index in [2.05, 4.69) is 50.6 Å². The summed E-state index contributed by atoms with van der Waals surface area (Å²) in [5.74, 6) is 0.736. The number of hydrogen-bond acceptors (Lipinski definition) is 3. The predicted octanol–water partition coefficient (Wildman–Crippen LogP) is 3.07. The van der Waals surface area contributed by atoms with Crippen molar-refractivity contribution in [2.75, 3.05) is 19.8 Å². The summed E-state index contributed by atoms with van der Waals surface area (Å²) >= 11 is 3.47. The Hall–Kier alpha value is -1.86. The average Bonchev–Trinajstić information content (AvgIpc) is 2.59. The second-order valence-corrected chi connectivity index (χ2v) is 9.02. The van der Waals surface area contributed by atoms with Gasteiger partial charge in [0.15, 0.2) is 15.8 Å². The molecule has 0 bridgehead atoms. The minimum absolute atomic E-state index is 0.344. The van der Waals surface area contributed by atoms with Crippen LogP contribution in [-0.4, -0.2) is 34.2 Å². The molecule has 0 aliphatic rings. The van der Waals surface area contributed by atoms with Gasteiger partial charge in [0.25, 0.3) is 0 Å². The van der Waals surface area contributed by atoms with Crippen molar-refractivity contribution in [2.24, 2.45) is 4.99 Å². The van der Waals surface area contributed by atoms with Crippen LogP contribution in [0.1, 0.15) is 16.7 Å². The third kappa shape index (κ3) is 6.14. The van der Waals surface area contributed by atoms with Crippen molar-refractivity contribution in [3.63, 3.8) is 0 Å². The van der Waals surface area contributed by atoms with Crippen molar-refractivity contribution in [3.8, 4) is 0 Å². The highest BCUT2D eigenvalue weighted by Gasteiger charge is 2.06. The van der Waals surface area contributed by atoms with Gasteiger partial charge >= 0.3 is 0 Å². The van der Waals surface area contributed by atoms with Gasteiger partial charge in [0.1, 0.15) is 0 Å². The first-order chi connectivity index (χ1) is 12.3. The first-order valence-corrected chi connectivity index (χ1v) is 11.0. The van der Waals surface area contributed by atoms with Crippen molar-refractivity contribution in [2.45, 2.75) is 24.8 Å². The molecule has 0 fully saturated rings. The molecule has 26 heavy (non-hydrogen) atoms. The molecule has 5 nitrogen and oxygen atoms in total. The number of nitrogens with one attached hydrogen (secondary N) is 2. The van der Waals surface area contributed by atoms with Gasteiger partial charge in [-0.05, 0) is 54.3 Å². The zero-order valence-electron chi connectivity index (χ0n) is 15.2. The zero-order chi connectivity index (χ0) is 19.2. The first-order valence-electron chi connectivity index (χ1n) is 8.28. The average molecular weight is 438 g/mol. The summed E-state index contributed by atoms with van der Waals surface area (Å²) in [6, 6.07) is 13.2. The van der Waals surface area contributed by atoms with E-state index in [0.29, 0.717) is 18.0 Å². The highest BCUT2D eigenvalue weighted by molar-refractivity contribution is 9.10. The summed E-state index contributed by atoms with van der Waals surface area (Å²) in [5.41, 5.74) is 3.50. The van der Waals surface area contributed by atoms with Crippen LogP contribution in [0.15, 0.2) is 56.8 Å². The van der Waals surface area contributed by atoms with E-state index in [-0.39, 0.29) is 0 Å². The van der Waals surface area contributed by atoms with Crippen LogP contribution < -0.4 is 10.6 Å². The van der Waals surface area contributed by atoms with Crippen LogP contribution in [0.2, 0.25) is 0 Å². The normalized spacial score (nSPS) is 12.1. The summed E-state index contributed by atoms with van der Waals surface area (Å²) < 4.78 is 24.0. The van der Waals surface area contributed by atoms with Crippen molar-refractivity contribution in [1.82, 2.24) is 10.6 Å². The number of guanidine groups is 1. The van der Waals surface area contributed by atoms with E-state index in [9.17, 15) is 8.42 Å². The fraction of sp³-hybridized carbons (Fsp3) is 0.316. The lowest BCUT2D eigenvalue weighted by Crippen LogP contribution is -2.38. The molecule has 0 radical (unpaired) electrons. The second-order valence-electron chi connectivity index (χ2n) is 6.09. The molecule has 2 aromatic carbocycles. The number of aliphatic imine (C=N–C) groups is 1. The molecule has 2 aromatic rings. The molecular formula is C19H24BrN3O2S. The number of rotatable bonds is 6. The van der Waals surface area contributed by atoms with Gasteiger partial charge in [-0.2, -0.15) is 0 Å². The van der Waals surface area contributed by atoms with Crippen LogP contribution in [0, 0.1) is 6.92 Å². The number of hydrogen-bond donors (Lipinski definition) is 2. The van der Waals surface area contributed by atoms with Crippen molar-refractivity contribution >= 4 is 31.7 Å². The number of benzene rings is 2.